The molecule has 0 spiro atoms. The summed E-state index contributed by atoms with van der Waals surface area (Å²) in [6.45, 7) is 4.90. The van der Waals surface area contributed by atoms with Crippen LogP contribution < -0.4 is 5.56 Å². The predicted molar refractivity (Wildman–Crippen MR) is 105 cm³/mol. The van der Waals surface area contributed by atoms with Gasteiger partial charge in [-0.2, -0.15) is 0 Å². The van der Waals surface area contributed by atoms with Crippen molar-refractivity contribution in [2.24, 2.45) is 5.41 Å². The van der Waals surface area contributed by atoms with E-state index in [1.165, 1.54) is 0 Å². The maximum absolute atomic E-state index is 12.5. The second kappa shape index (κ2) is 6.77. The van der Waals surface area contributed by atoms with Gasteiger partial charge >= 0.3 is 5.97 Å². The van der Waals surface area contributed by atoms with Crippen LogP contribution in [0.3, 0.4) is 0 Å². The van der Waals surface area contributed by atoms with E-state index in [2.05, 4.69) is 14.8 Å². The molecule has 0 bridgehead atoms. The fourth-order valence-electron chi connectivity index (χ4n) is 4.91. The van der Waals surface area contributed by atoms with Crippen LogP contribution in [0.15, 0.2) is 29.1 Å². The van der Waals surface area contributed by atoms with Gasteiger partial charge in [-0.05, 0) is 69.4 Å². The Bertz CT molecular complexity index is 938. The van der Waals surface area contributed by atoms with Gasteiger partial charge in [0.25, 0.3) is 5.56 Å². The number of hydrogen-bond acceptors (Lipinski definition) is 4. The first kappa shape index (κ1) is 18.2. The van der Waals surface area contributed by atoms with Gasteiger partial charge in [0.2, 0.25) is 0 Å². The number of piperidine rings is 2. The third-order valence-corrected chi connectivity index (χ3v) is 6.51. The van der Waals surface area contributed by atoms with E-state index in [0.29, 0.717) is 26.1 Å². The van der Waals surface area contributed by atoms with Crippen LogP contribution >= 0.6 is 0 Å². The van der Waals surface area contributed by atoms with Crippen molar-refractivity contribution >= 4 is 16.9 Å². The summed E-state index contributed by atoms with van der Waals surface area (Å²) in [5.74, 6) is -0.669. The molecular weight excluding hydrogens is 342 g/mol. The molecule has 4 rings (SSSR count). The highest BCUT2D eigenvalue weighted by molar-refractivity contribution is 5.79. The summed E-state index contributed by atoms with van der Waals surface area (Å²) in [7, 11) is 2.02. The molecule has 0 amide bonds. The number of nitrogens with one attached hydrogen (secondary N) is 1. The number of aliphatic carboxylic acids is 1. The minimum atomic E-state index is -0.669. The second-order valence-corrected chi connectivity index (χ2v) is 8.26. The number of aromatic amines is 1. The molecule has 2 aliphatic rings. The zero-order chi connectivity index (χ0) is 19.2. The summed E-state index contributed by atoms with van der Waals surface area (Å²) >= 11 is 0. The van der Waals surface area contributed by atoms with E-state index < -0.39 is 11.4 Å². The van der Waals surface area contributed by atoms with Crippen LogP contribution in [0.25, 0.3) is 10.9 Å². The molecule has 2 fully saturated rings. The van der Waals surface area contributed by atoms with Gasteiger partial charge in [0, 0.05) is 30.2 Å². The molecule has 2 atom stereocenters. The molecular formula is C21H27N3O3. The Labute approximate surface area is 158 Å². The van der Waals surface area contributed by atoms with E-state index in [9.17, 15) is 14.7 Å². The number of nitrogens with zero attached hydrogens (tertiary/aromatic N) is 2. The van der Waals surface area contributed by atoms with Gasteiger partial charge in [-0.15, -0.1) is 0 Å². The molecule has 6 heteroatoms. The summed E-state index contributed by atoms with van der Waals surface area (Å²) in [5.41, 5.74) is 2.02. The molecule has 0 saturated carbocycles. The number of carbonyl (C=O) groups is 1. The maximum atomic E-state index is 12.5. The SMILES string of the molecule is Cc1ccc2cc(CN3CC[C@@]4(C(=O)O)CCCN(C)[C@@H]4C3)c(=O)[nH]c2c1. The Balaban J connectivity index is 1.58. The first-order chi connectivity index (χ1) is 12.9. The van der Waals surface area contributed by atoms with E-state index in [0.717, 1.165) is 41.4 Å². The number of hydrogen-bond donors (Lipinski definition) is 2. The summed E-state index contributed by atoms with van der Waals surface area (Å²) in [6.07, 6.45) is 2.33. The summed E-state index contributed by atoms with van der Waals surface area (Å²) in [6, 6.07) is 8.03. The minimum absolute atomic E-state index is 0.000289. The fourth-order valence-corrected chi connectivity index (χ4v) is 4.91. The number of likely N-dealkylation sites (N-methyl/N-ethyl adjacent to an activating group) is 1. The smallest absolute Gasteiger partial charge is 0.311 e. The Kier molecular flexibility index (Phi) is 4.56. The van der Waals surface area contributed by atoms with Gasteiger partial charge in [0.15, 0.2) is 0 Å². The van der Waals surface area contributed by atoms with Crippen LogP contribution in [-0.2, 0) is 11.3 Å². The summed E-state index contributed by atoms with van der Waals surface area (Å²) in [5, 5.41) is 10.9. The molecule has 144 valence electrons. The van der Waals surface area contributed by atoms with E-state index >= 15 is 0 Å². The van der Waals surface area contributed by atoms with Crippen molar-refractivity contribution in [3.63, 3.8) is 0 Å². The number of likely N-dealkylation sites (tertiary alicyclic amines) is 2. The quantitative estimate of drug-likeness (QED) is 0.867. The number of carboxylic acids is 1. The van der Waals surface area contributed by atoms with Gasteiger partial charge in [0.05, 0.1) is 5.41 Å². The third-order valence-electron chi connectivity index (χ3n) is 6.51. The van der Waals surface area contributed by atoms with Crippen LogP contribution in [0.4, 0.5) is 0 Å². The van der Waals surface area contributed by atoms with Gasteiger partial charge in [-0.3, -0.25) is 14.5 Å². The number of benzene rings is 1. The first-order valence-corrected chi connectivity index (χ1v) is 9.68. The lowest BCUT2D eigenvalue weighted by atomic mass is 9.68. The third kappa shape index (κ3) is 3.17. The number of aromatic nitrogens is 1. The monoisotopic (exact) mass is 369 g/mol. The Morgan fingerprint density at radius 3 is 2.89 bits per heavy atom. The Morgan fingerprint density at radius 2 is 2.11 bits per heavy atom. The molecule has 2 saturated heterocycles. The number of carboxylic acid groups (broad SMARTS) is 1. The van der Waals surface area contributed by atoms with E-state index in [-0.39, 0.29) is 11.6 Å². The minimum Gasteiger partial charge on any atom is -0.481 e. The van der Waals surface area contributed by atoms with Crippen molar-refractivity contribution in [1.82, 2.24) is 14.8 Å². The van der Waals surface area contributed by atoms with Crippen LogP contribution in [-0.4, -0.2) is 58.6 Å². The summed E-state index contributed by atoms with van der Waals surface area (Å²) < 4.78 is 0. The number of aryl methyl sites for hydroxylation is 1. The molecule has 2 aromatic rings. The zero-order valence-electron chi connectivity index (χ0n) is 16.0. The predicted octanol–water partition coefficient (Wildman–Crippen LogP) is 2.21. The fraction of sp³-hybridized carbons (Fsp3) is 0.524. The maximum Gasteiger partial charge on any atom is 0.311 e. The molecule has 1 aromatic heterocycles. The van der Waals surface area contributed by atoms with Gasteiger partial charge < -0.3 is 15.0 Å². The summed E-state index contributed by atoms with van der Waals surface area (Å²) in [4.78, 5) is 32.0. The average Bonchev–Trinajstić information content (AvgIpc) is 2.63. The van der Waals surface area contributed by atoms with Crippen molar-refractivity contribution in [3.05, 3.63) is 45.7 Å². The van der Waals surface area contributed by atoms with Crippen LogP contribution in [0, 0.1) is 12.3 Å². The van der Waals surface area contributed by atoms with E-state index in [4.69, 9.17) is 0 Å². The Morgan fingerprint density at radius 1 is 1.30 bits per heavy atom. The highest BCUT2D eigenvalue weighted by Crippen LogP contribution is 2.42. The number of H-pyrrole nitrogens is 1. The average molecular weight is 369 g/mol. The lowest BCUT2D eigenvalue weighted by Gasteiger charge is -2.51. The topological polar surface area (TPSA) is 76.6 Å². The van der Waals surface area contributed by atoms with Crippen LogP contribution in [0.1, 0.15) is 30.4 Å². The second-order valence-electron chi connectivity index (χ2n) is 8.26. The Hall–Kier alpha value is -2.18. The first-order valence-electron chi connectivity index (χ1n) is 9.68. The molecule has 0 radical (unpaired) electrons. The molecule has 1 aromatic carbocycles. The van der Waals surface area contributed by atoms with Crippen molar-refractivity contribution in [2.75, 3.05) is 26.7 Å². The molecule has 0 aliphatic carbocycles. The molecule has 0 unspecified atom stereocenters. The number of pyridine rings is 1. The highest BCUT2D eigenvalue weighted by Gasteiger charge is 2.52. The lowest BCUT2D eigenvalue weighted by molar-refractivity contribution is -0.162. The van der Waals surface area contributed by atoms with Crippen molar-refractivity contribution in [2.45, 2.75) is 38.8 Å². The molecule has 3 heterocycles. The van der Waals surface area contributed by atoms with Crippen LogP contribution in [0.2, 0.25) is 0 Å². The van der Waals surface area contributed by atoms with Gasteiger partial charge in [0.1, 0.15) is 0 Å². The number of rotatable bonds is 3. The zero-order valence-corrected chi connectivity index (χ0v) is 16.0. The van der Waals surface area contributed by atoms with Crippen molar-refractivity contribution < 1.29 is 9.90 Å². The van der Waals surface area contributed by atoms with Crippen molar-refractivity contribution in [1.29, 1.82) is 0 Å². The van der Waals surface area contributed by atoms with E-state index in [1.54, 1.807) is 0 Å². The molecule has 6 nitrogen and oxygen atoms in total. The lowest BCUT2D eigenvalue weighted by Crippen LogP contribution is -2.62. The highest BCUT2D eigenvalue weighted by atomic mass is 16.4. The molecule has 2 aliphatic heterocycles. The van der Waals surface area contributed by atoms with Crippen molar-refractivity contribution in [3.8, 4) is 0 Å². The van der Waals surface area contributed by atoms with Gasteiger partial charge in [-0.25, -0.2) is 0 Å². The number of fused-ring (bicyclic) bond motifs is 2. The van der Waals surface area contributed by atoms with E-state index in [1.807, 2.05) is 38.2 Å². The molecule has 27 heavy (non-hydrogen) atoms. The largest absolute Gasteiger partial charge is 0.481 e. The standard InChI is InChI=1S/C21H27N3O3/c1-14-4-5-15-11-16(19(25)22-17(15)10-14)12-24-9-7-21(20(26)27)6-3-8-23(2)18(21)13-24/h4-5,10-11,18H,3,6-9,12-13H2,1-2H3,(H,22,25)(H,26,27)/t18-,21+/m1/s1. The molecule has 2 N–H and O–H groups in total. The van der Waals surface area contributed by atoms with Crippen LogP contribution in [0.5, 0.6) is 0 Å². The normalized spacial score (nSPS) is 26.8. The van der Waals surface area contributed by atoms with Gasteiger partial charge in [-0.1, -0.05) is 12.1 Å².